The number of rotatable bonds is 6. The Morgan fingerprint density at radius 2 is 1.74 bits per heavy atom. The molecule has 0 saturated carbocycles. The molecule has 2 aromatic carbocycles. The van der Waals surface area contributed by atoms with E-state index in [0.717, 1.165) is 5.56 Å². The number of amides is 1. The van der Waals surface area contributed by atoms with Gasteiger partial charge in [0.25, 0.3) is 5.91 Å². The van der Waals surface area contributed by atoms with Gasteiger partial charge in [-0.15, -0.1) is 0 Å². The monoisotopic (exact) mass is 362 g/mol. The topological polar surface area (TPSA) is 77.5 Å². The van der Waals surface area contributed by atoms with Gasteiger partial charge in [0, 0.05) is 18.8 Å². The van der Waals surface area contributed by atoms with E-state index in [9.17, 15) is 9.59 Å². The lowest BCUT2D eigenvalue weighted by Gasteiger charge is -2.10. The Morgan fingerprint density at radius 1 is 0.963 bits per heavy atom. The normalized spacial score (nSPS) is 10.1. The van der Waals surface area contributed by atoms with Crippen LogP contribution in [0, 0.1) is 0 Å². The van der Waals surface area contributed by atoms with E-state index in [-0.39, 0.29) is 23.6 Å². The number of nitrogens with one attached hydrogen (secondary N) is 1. The van der Waals surface area contributed by atoms with Crippen LogP contribution in [0.4, 0.5) is 0 Å². The summed E-state index contributed by atoms with van der Waals surface area (Å²) in [6.45, 7) is 0.285. The number of methoxy groups -OCH3 is 1. The number of hydrogen-bond acceptors (Lipinski definition) is 5. The molecule has 0 spiro atoms. The molecule has 0 bridgehead atoms. The summed E-state index contributed by atoms with van der Waals surface area (Å²) in [6, 6.07) is 19.3. The van der Waals surface area contributed by atoms with Gasteiger partial charge in [-0.2, -0.15) is 0 Å². The first-order valence-electron chi connectivity index (χ1n) is 8.31. The minimum atomic E-state index is -0.550. The van der Waals surface area contributed by atoms with Gasteiger partial charge in [0.15, 0.2) is 0 Å². The number of ether oxygens (including phenoxy) is 2. The summed E-state index contributed by atoms with van der Waals surface area (Å²) in [4.78, 5) is 28.4. The smallest absolute Gasteiger partial charge is 0.338 e. The Morgan fingerprint density at radius 3 is 2.48 bits per heavy atom. The summed E-state index contributed by atoms with van der Waals surface area (Å²) in [5.74, 6) is 0.208. The SMILES string of the molecule is COC(=O)c1ccccc1C(=O)NCc1cccc(Oc2ccccn2)c1. The van der Waals surface area contributed by atoms with Crippen molar-refractivity contribution in [2.24, 2.45) is 0 Å². The maximum Gasteiger partial charge on any atom is 0.338 e. The molecule has 0 radical (unpaired) electrons. The molecule has 0 aliphatic carbocycles. The molecule has 0 aliphatic rings. The third kappa shape index (κ3) is 4.70. The van der Waals surface area contributed by atoms with Crippen LogP contribution < -0.4 is 10.1 Å². The fourth-order valence-corrected chi connectivity index (χ4v) is 2.49. The molecular weight excluding hydrogens is 344 g/mol. The van der Waals surface area contributed by atoms with Gasteiger partial charge in [-0.3, -0.25) is 4.79 Å². The fourth-order valence-electron chi connectivity index (χ4n) is 2.49. The summed E-state index contributed by atoms with van der Waals surface area (Å²) >= 11 is 0. The lowest BCUT2D eigenvalue weighted by Crippen LogP contribution is -2.25. The lowest BCUT2D eigenvalue weighted by molar-refractivity contribution is 0.0596. The number of nitrogens with zero attached hydrogens (tertiary/aromatic N) is 1. The van der Waals surface area contributed by atoms with Crippen LogP contribution in [0.15, 0.2) is 72.9 Å². The van der Waals surface area contributed by atoms with Crippen LogP contribution >= 0.6 is 0 Å². The fraction of sp³-hybridized carbons (Fsp3) is 0.0952. The van der Waals surface area contributed by atoms with E-state index in [1.165, 1.54) is 7.11 Å². The molecule has 0 saturated heterocycles. The summed E-state index contributed by atoms with van der Waals surface area (Å²) < 4.78 is 10.4. The average Bonchev–Trinajstić information content (AvgIpc) is 2.72. The van der Waals surface area contributed by atoms with Crippen LogP contribution in [-0.2, 0) is 11.3 Å². The number of pyridine rings is 1. The third-order valence-corrected chi connectivity index (χ3v) is 3.79. The van der Waals surface area contributed by atoms with E-state index in [0.29, 0.717) is 11.6 Å². The highest BCUT2D eigenvalue weighted by atomic mass is 16.5. The molecule has 3 rings (SSSR count). The second kappa shape index (κ2) is 8.62. The van der Waals surface area contributed by atoms with Gasteiger partial charge in [0.1, 0.15) is 5.75 Å². The van der Waals surface area contributed by atoms with Crippen molar-refractivity contribution < 1.29 is 19.1 Å². The zero-order chi connectivity index (χ0) is 19.1. The molecule has 1 aromatic heterocycles. The highest BCUT2D eigenvalue weighted by Gasteiger charge is 2.16. The predicted octanol–water partition coefficient (Wildman–Crippen LogP) is 3.59. The molecule has 6 nitrogen and oxygen atoms in total. The third-order valence-electron chi connectivity index (χ3n) is 3.79. The van der Waals surface area contributed by atoms with Crippen molar-refractivity contribution in [3.8, 4) is 11.6 Å². The van der Waals surface area contributed by atoms with Gasteiger partial charge in [0.2, 0.25) is 5.88 Å². The molecular formula is C21H18N2O4. The Labute approximate surface area is 156 Å². The van der Waals surface area contributed by atoms with Crippen molar-refractivity contribution in [2.45, 2.75) is 6.54 Å². The Kier molecular flexibility index (Phi) is 5.79. The molecule has 0 atom stereocenters. The van der Waals surface area contributed by atoms with Crippen molar-refractivity contribution in [3.05, 3.63) is 89.6 Å². The first-order chi connectivity index (χ1) is 13.2. The van der Waals surface area contributed by atoms with E-state index in [4.69, 9.17) is 9.47 Å². The molecule has 0 unspecified atom stereocenters. The first kappa shape index (κ1) is 18.1. The van der Waals surface area contributed by atoms with Crippen LogP contribution in [0.1, 0.15) is 26.3 Å². The number of esters is 1. The Balaban J connectivity index is 1.68. The van der Waals surface area contributed by atoms with Gasteiger partial charge in [-0.1, -0.05) is 30.3 Å². The lowest BCUT2D eigenvalue weighted by atomic mass is 10.1. The molecule has 0 aliphatic heterocycles. The van der Waals surface area contributed by atoms with Crippen LogP contribution in [0.2, 0.25) is 0 Å². The van der Waals surface area contributed by atoms with E-state index >= 15 is 0 Å². The second-order valence-electron chi connectivity index (χ2n) is 5.64. The minimum absolute atomic E-state index is 0.227. The maximum absolute atomic E-state index is 12.5. The summed E-state index contributed by atoms with van der Waals surface area (Å²) in [6.07, 6.45) is 1.65. The molecule has 3 aromatic rings. The van der Waals surface area contributed by atoms with Gasteiger partial charge in [-0.05, 0) is 35.9 Å². The molecule has 6 heteroatoms. The molecule has 1 N–H and O–H groups in total. The van der Waals surface area contributed by atoms with Crippen LogP contribution in [0.3, 0.4) is 0 Å². The van der Waals surface area contributed by atoms with Crippen molar-refractivity contribution in [1.29, 1.82) is 0 Å². The molecule has 1 heterocycles. The highest BCUT2D eigenvalue weighted by molar-refractivity contribution is 6.05. The van der Waals surface area contributed by atoms with Crippen LogP contribution in [0.5, 0.6) is 11.6 Å². The maximum atomic E-state index is 12.5. The Bertz CT molecular complexity index is 942. The zero-order valence-electron chi connectivity index (χ0n) is 14.7. The summed E-state index contributed by atoms with van der Waals surface area (Å²) in [5, 5.41) is 2.81. The number of carbonyl (C=O) groups excluding carboxylic acids is 2. The molecule has 0 fully saturated rings. The summed E-state index contributed by atoms with van der Waals surface area (Å²) in [5.41, 5.74) is 1.35. The minimum Gasteiger partial charge on any atom is -0.465 e. The average molecular weight is 362 g/mol. The predicted molar refractivity (Wildman–Crippen MR) is 99.7 cm³/mol. The highest BCUT2D eigenvalue weighted by Crippen LogP contribution is 2.20. The van der Waals surface area contributed by atoms with Gasteiger partial charge in [0.05, 0.1) is 18.2 Å². The molecule has 136 valence electrons. The van der Waals surface area contributed by atoms with Crippen LogP contribution in [0.25, 0.3) is 0 Å². The van der Waals surface area contributed by atoms with Crippen molar-refractivity contribution in [2.75, 3.05) is 7.11 Å². The first-order valence-corrected chi connectivity index (χ1v) is 8.31. The largest absolute Gasteiger partial charge is 0.465 e. The molecule has 27 heavy (non-hydrogen) atoms. The van der Waals surface area contributed by atoms with Crippen molar-refractivity contribution >= 4 is 11.9 Å². The van der Waals surface area contributed by atoms with E-state index in [2.05, 4.69) is 10.3 Å². The van der Waals surface area contributed by atoms with Gasteiger partial charge in [-0.25, -0.2) is 9.78 Å². The van der Waals surface area contributed by atoms with Gasteiger partial charge >= 0.3 is 5.97 Å². The molecule has 1 amide bonds. The number of benzene rings is 2. The quantitative estimate of drug-likeness (QED) is 0.678. The number of hydrogen-bond donors (Lipinski definition) is 1. The standard InChI is InChI=1S/C21H18N2O4/c1-26-21(25)18-10-3-2-9-17(18)20(24)23-14-15-7-6-8-16(13-15)27-19-11-4-5-12-22-19/h2-13H,14H2,1H3,(H,23,24). The second-order valence-corrected chi connectivity index (χ2v) is 5.64. The van der Waals surface area contributed by atoms with Crippen LogP contribution in [-0.4, -0.2) is 24.0 Å². The number of aromatic nitrogens is 1. The zero-order valence-corrected chi connectivity index (χ0v) is 14.7. The van der Waals surface area contributed by atoms with Crippen molar-refractivity contribution in [3.63, 3.8) is 0 Å². The summed E-state index contributed by atoms with van der Waals surface area (Å²) in [7, 11) is 1.28. The van der Waals surface area contributed by atoms with E-state index in [1.807, 2.05) is 36.4 Å². The van der Waals surface area contributed by atoms with E-state index < -0.39 is 5.97 Å². The van der Waals surface area contributed by atoms with Crippen molar-refractivity contribution in [1.82, 2.24) is 10.3 Å². The van der Waals surface area contributed by atoms with Gasteiger partial charge < -0.3 is 14.8 Å². The number of carbonyl (C=O) groups is 2. The van der Waals surface area contributed by atoms with E-state index in [1.54, 1.807) is 36.5 Å². The Hall–Kier alpha value is -3.67.